The number of benzene rings is 1. The Kier molecular flexibility index (Phi) is 3.85. The summed E-state index contributed by atoms with van der Waals surface area (Å²) in [4.78, 5) is 9.01. The number of hydrogen-bond acceptors (Lipinski definition) is 5. The standard InChI is InChI=1S/C14H19N3O2/c1-8-6-11-12(10(7-15-3)9(8)2)17-14(19-5)13(16-11)18-4/h6,15H,7H2,1-5H3. The number of aryl methyl sites for hydroxylation is 1. The molecule has 1 N–H and O–H groups in total. The van der Waals surface area contributed by atoms with Crippen LogP contribution in [0.5, 0.6) is 11.8 Å². The molecule has 0 aliphatic heterocycles. The van der Waals surface area contributed by atoms with Crippen LogP contribution in [0.25, 0.3) is 11.0 Å². The molecule has 19 heavy (non-hydrogen) atoms. The number of methoxy groups -OCH3 is 2. The molecule has 0 aliphatic carbocycles. The quantitative estimate of drug-likeness (QED) is 0.912. The first-order chi connectivity index (χ1) is 9.12. The average molecular weight is 261 g/mol. The van der Waals surface area contributed by atoms with E-state index in [1.165, 1.54) is 11.1 Å². The van der Waals surface area contributed by atoms with Crippen molar-refractivity contribution >= 4 is 11.0 Å². The van der Waals surface area contributed by atoms with Crippen LogP contribution in [-0.4, -0.2) is 31.2 Å². The third kappa shape index (κ3) is 2.33. The van der Waals surface area contributed by atoms with E-state index in [1.54, 1.807) is 14.2 Å². The number of rotatable bonds is 4. The van der Waals surface area contributed by atoms with Crippen LogP contribution >= 0.6 is 0 Å². The van der Waals surface area contributed by atoms with Gasteiger partial charge in [0, 0.05) is 6.54 Å². The number of nitrogens with one attached hydrogen (secondary N) is 1. The van der Waals surface area contributed by atoms with Gasteiger partial charge in [0.15, 0.2) is 0 Å². The molecule has 0 bridgehead atoms. The zero-order valence-corrected chi connectivity index (χ0v) is 12.0. The first kappa shape index (κ1) is 13.5. The summed E-state index contributed by atoms with van der Waals surface area (Å²) in [5.41, 5.74) is 5.25. The van der Waals surface area contributed by atoms with Crippen molar-refractivity contribution in [3.63, 3.8) is 0 Å². The number of fused-ring (bicyclic) bond motifs is 1. The summed E-state index contributed by atoms with van der Waals surface area (Å²) in [5, 5.41) is 3.17. The lowest BCUT2D eigenvalue weighted by atomic mass is 10.0. The number of ether oxygens (including phenoxy) is 2. The summed E-state index contributed by atoms with van der Waals surface area (Å²) < 4.78 is 10.4. The lowest BCUT2D eigenvalue weighted by Gasteiger charge is -2.14. The van der Waals surface area contributed by atoms with Gasteiger partial charge in [0.2, 0.25) is 0 Å². The Hall–Kier alpha value is -1.88. The van der Waals surface area contributed by atoms with Crippen LogP contribution in [0, 0.1) is 13.8 Å². The van der Waals surface area contributed by atoms with Gasteiger partial charge in [-0.15, -0.1) is 0 Å². The van der Waals surface area contributed by atoms with E-state index in [1.807, 2.05) is 13.1 Å². The van der Waals surface area contributed by atoms with Crippen molar-refractivity contribution in [2.24, 2.45) is 0 Å². The lowest BCUT2D eigenvalue weighted by Crippen LogP contribution is -2.10. The molecule has 0 unspecified atom stereocenters. The Bertz CT molecular complexity index is 611. The first-order valence-corrected chi connectivity index (χ1v) is 6.15. The number of hydrogen-bond donors (Lipinski definition) is 1. The van der Waals surface area contributed by atoms with Gasteiger partial charge in [0.25, 0.3) is 11.8 Å². The maximum absolute atomic E-state index is 5.23. The van der Waals surface area contributed by atoms with E-state index in [0.29, 0.717) is 11.8 Å². The van der Waals surface area contributed by atoms with Crippen LogP contribution < -0.4 is 14.8 Å². The molecule has 0 fully saturated rings. The Morgan fingerprint density at radius 3 is 2.32 bits per heavy atom. The van der Waals surface area contributed by atoms with E-state index in [9.17, 15) is 0 Å². The van der Waals surface area contributed by atoms with Gasteiger partial charge in [-0.25, -0.2) is 9.97 Å². The van der Waals surface area contributed by atoms with Gasteiger partial charge in [-0.2, -0.15) is 0 Å². The third-order valence-corrected chi connectivity index (χ3v) is 3.28. The minimum absolute atomic E-state index is 0.411. The monoisotopic (exact) mass is 261 g/mol. The Morgan fingerprint density at radius 2 is 1.74 bits per heavy atom. The van der Waals surface area contributed by atoms with Crippen molar-refractivity contribution < 1.29 is 9.47 Å². The summed E-state index contributed by atoms with van der Waals surface area (Å²) in [6.45, 7) is 4.92. The maximum Gasteiger partial charge on any atom is 0.278 e. The number of nitrogens with zero attached hydrogens (tertiary/aromatic N) is 2. The molecular weight excluding hydrogens is 242 g/mol. The summed E-state index contributed by atoms with van der Waals surface area (Å²) in [6, 6.07) is 2.03. The summed E-state index contributed by atoms with van der Waals surface area (Å²) in [5.74, 6) is 0.823. The van der Waals surface area contributed by atoms with Crippen molar-refractivity contribution in [3.05, 3.63) is 22.8 Å². The van der Waals surface area contributed by atoms with Crippen molar-refractivity contribution in [2.45, 2.75) is 20.4 Å². The summed E-state index contributed by atoms with van der Waals surface area (Å²) in [6.07, 6.45) is 0. The first-order valence-electron chi connectivity index (χ1n) is 6.15. The molecule has 0 saturated carbocycles. The van der Waals surface area contributed by atoms with E-state index < -0.39 is 0 Å². The van der Waals surface area contributed by atoms with Gasteiger partial charge < -0.3 is 14.8 Å². The molecule has 2 aromatic rings. The number of aromatic nitrogens is 2. The van der Waals surface area contributed by atoms with Gasteiger partial charge in [0.1, 0.15) is 0 Å². The largest absolute Gasteiger partial charge is 0.477 e. The van der Waals surface area contributed by atoms with E-state index in [-0.39, 0.29) is 0 Å². The molecule has 0 spiro atoms. The highest BCUT2D eigenvalue weighted by atomic mass is 16.5. The molecule has 102 valence electrons. The van der Waals surface area contributed by atoms with E-state index >= 15 is 0 Å². The van der Waals surface area contributed by atoms with E-state index in [2.05, 4.69) is 29.1 Å². The van der Waals surface area contributed by atoms with Crippen LogP contribution in [0.1, 0.15) is 16.7 Å². The second-order valence-corrected chi connectivity index (χ2v) is 4.44. The van der Waals surface area contributed by atoms with Gasteiger partial charge in [-0.05, 0) is 43.7 Å². The second kappa shape index (κ2) is 5.40. The maximum atomic E-state index is 5.23. The van der Waals surface area contributed by atoms with Crippen molar-refractivity contribution in [3.8, 4) is 11.8 Å². The van der Waals surface area contributed by atoms with Gasteiger partial charge in [0.05, 0.1) is 25.3 Å². The molecule has 0 aliphatic rings. The second-order valence-electron chi connectivity index (χ2n) is 4.44. The predicted octanol–water partition coefficient (Wildman–Crippen LogP) is 1.98. The topological polar surface area (TPSA) is 56.3 Å². The van der Waals surface area contributed by atoms with E-state index in [4.69, 9.17) is 9.47 Å². The zero-order valence-electron chi connectivity index (χ0n) is 12.0. The molecule has 5 nitrogen and oxygen atoms in total. The van der Waals surface area contributed by atoms with Crippen molar-refractivity contribution in [2.75, 3.05) is 21.3 Å². The molecule has 5 heteroatoms. The Balaban J connectivity index is 2.79. The van der Waals surface area contributed by atoms with Gasteiger partial charge in [-0.1, -0.05) is 0 Å². The Labute approximate surface area is 113 Å². The van der Waals surface area contributed by atoms with Crippen LogP contribution in [-0.2, 0) is 6.54 Å². The highest BCUT2D eigenvalue weighted by molar-refractivity contribution is 5.81. The molecule has 1 aromatic carbocycles. The van der Waals surface area contributed by atoms with Crippen LogP contribution in [0.4, 0.5) is 0 Å². The molecule has 0 saturated heterocycles. The Morgan fingerprint density at radius 1 is 1.11 bits per heavy atom. The summed E-state index contributed by atoms with van der Waals surface area (Å²) in [7, 11) is 5.05. The molecule has 0 radical (unpaired) electrons. The van der Waals surface area contributed by atoms with E-state index in [0.717, 1.165) is 23.1 Å². The molecule has 0 atom stereocenters. The van der Waals surface area contributed by atoms with Crippen LogP contribution in [0.15, 0.2) is 6.07 Å². The fraction of sp³-hybridized carbons (Fsp3) is 0.429. The minimum Gasteiger partial charge on any atom is -0.477 e. The molecule has 1 aromatic heterocycles. The molecule has 1 heterocycles. The molecular formula is C14H19N3O2. The van der Waals surface area contributed by atoms with Gasteiger partial charge >= 0.3 is 0 Å². The highest BCUT2D eigenvalue weighted by Gasteiger charge is 2.15. The molecule has 0 amide bonds. The third-order valence-electron chi connectivity index (χ3n) is 3.28. The fourth-order valence-electron chi connectivity index (χ4n) is 2.13. The lowest BCUT2D eigenvalue weighted by molar-refractivity contribution is 0.334. The average Bonchev–Trinajstić information content (AvgIpc) is 2.42. The van der Waals surface area contributed by atoms with Crippen molar-refractivity contribution in [1.29, 1.82) is 0 Å². The zero-order chi connectivity index (χ0) is 14.0. The highest BCUT2D eigenvalue weighted by Crippen LogP contribution is 2.29. The van der Waals surface area contributed by atoms with Gasteiger partial charge in [-0.3, -0.25) is 0 Å². The predicted molar refractivity (Wildman–Crippen MR) is 74.9 cm³/mol. The van der Waals surface area contributed by atoms with Crippen LogP contribution in [0.3, 0.4) is 0 Å². The summed E-state index contributed by atoms with van der Waals surface area (Å²) >= 11 is 0. The normalized spacial score (nSPS) is 10.8. The van der Waals surface area contributed by atoms with Crippen LogP contribution in [0.2, 0.25) is 0 Å². The minimum atomic E-state index is 0.411. The fourth-order valence-corrected chi connectivity index (χ4v) is 2.13. The van der Waals surface area contributed by atoms with Crippen molar-refractivity contribution in [1.82, 2.24) is 15.3 Å². The molecule has 2 rings (SSSR count). The SMILES string of the molecule is CNCc1c(C)c(C)cc2nc(OC)c(OC)nc12. The smallest absolute Gasteiger partial charge is 0.278 e.